The maximum atomic E-state index is 4.40. The Morgan fingerprint density at radius 1 is 1.07 bits per heavy atom. The van der Waals surface area contributed by atoms with Gasteiger partial charge < -0.3 is 15.5 Å². The van der Waals surface area contributed by atoms with Crippen molar-refractivity contribution in [1.82, 2.24) is 25.3 Å². The van der Waals surface area contributed by atoms with Gasteiger partial charge in [0.2, 0.25) is 0 Å². The minimum Gasteiger partial charge on any atom is -0.355 e. The van der Waals surface area contributed by atoms with E-state index in [0.717, 1.165) is 64.9 Å². The summed E-state index contributed by atoms with van der Waals surface area (Å²) in [6, 6.07) is 11.2. The third-order valence-electron chi connectivity index (χ3n) is 6.05. The summed E-state index contributed by atoms with van der Waals surface area (Å²) in [5.74, 6) is 0.924. The van der Waals surface area contributed by atoms with Crippen LogP contribution in [0.25, 0.3) is 0 Å². The van der Waals surface area contributed by atoms with Crippen molar-refractivity contribution in [3.05, 3.63) is 35.9 Å². The van der Waals surface area contributed by atoms with Crippen LogP contribution in [-0.2, 0) is 6.54 Å². The van der Waals surface area contributed by atoms with E-state index < -0.39 is 0 Å². The third-order valence-corrected chi connectivity index (χ3v) is 6.05. The number of guanidine groups is 1. The van der Waals surface area contributed by atoms with Gasteiger partial charge in [0.05, 0.1) is 0 Å². The maximum absolute atomic E-state index is 4.40. The number of piperazine rings is 1. The molecule has 0 aromatic heterocycles. The van der Waals surface area contributed by atoms with Crippen molar-refractivity contribution >= 4 is 5.96 Å². The zero-order valence-electron chi connectivity index (χ0n) is 19.7. The normalized spacial score (nSPS) is 17.3. The maximum Gasteiger partial charge on any atom is 0.191 e. The van der Waals surface area contributed by atoms with Gasteiger partial charge in [0.25, 0.3) is 0 Å². The molecule has 1 aromatic rings. The van der Waals surface area contributed by atoms with E-state index in [1.54, 1.807) is 0 Å². The Hall–Kier alpha value is -1.63. The second-order valence-corrected chi connectivity index (χ2v) is 8.32. The predicted octanol–water partition coefficient (Wildman–Crippen LogP) is 2.48. The molecule has 1 saturated heterocycles. The lowest BCUT2D eigenvalue weighted by atomic mass is 10.2. The van der Waals surface area contributed by atoms with E-state index >= 15 is 0 Å². The van der Waals surface area contributed by atoms with Crippen molar-refractivity contribution in [2.24, 2.45) is 4.99 Å². The number of nitrogens with zero attached hydrogens (tertiary/aromatic N) is 4. The molecule has 2 rings (SSSR count). The summed E-state index contributed by atoms with van der Waals surface area (Å²) in [7, 11) is 1.86. The van der Waals surface area contributed by atoms with Gasteiger partial charge in [-0.3, -0.25) is 14.8 Å². The predicted molar refractivity (Wildman–Crippen MR) is 129 cm³/mol. The first kappa shape index (κ1) is 24.6. The summed E-state index contributed by atoms with van der Waals surface area (Å²) >= 11 is 0. The van der Waals surface area contributed by atoms with E-state index in [4.69, 9.17) is 0 Å². The van der Waals surface area contributed by atoms with Gasteiger partial charge in [-0.25, -0.2) is 0 Å². The van der Waals surface area contributed by atoms with Crippen molar-refractivity contribution in [3.8, 4) is 0 Å². The Morgan fingerprint density at radius 3 is 2.37 bits per heavy atom. The van der Waals surface area contributed by atoms with E-state index in [1.807, 2.05) is 7.05 Å². The van der Waals surface area contributed by atoms with Gasteiger partial charge >= 0.3 is 0 Å². The Kier molecular flexibility index (Phi) is 11.8. The second kappa shape index (κ2) is 14.4. The van der Waals surface area contributed by atoms with Crippen molar-refractivity contribution in [2.75, 3.05) is 66.0 Å². The molecule has 1 aliphatic rings. The number of aliphatic imine (C=N–C) groups is 1. The van der Waals surface area contributed by atoms with Gasteiger partial charge in [-0.05, 0) is 45.0 Å². The summed E-state index contributed by atoms with van der Waals surface area (Å²) in [6.07, 6.45) is 2.39. The highest BCUT2D eigenvalue weighted by molar-refractivity contribution is 5.79. The Balaban J connectivity index is 1.57. The van der Waals surface area contributed by atoms with Crippen LogP contribution in [0.15, 0.2) is 35.3 Å². The van der Waals surface area contributed by atoms with Gasteiger partial charge in [-0.15, -0.1) is 0 Å². The van der Waals surface area contributed by atoms with Crippen LogP contribution in [0.3, 0.4) is 0 Å². The highest BCUT2D eigenvalue weighted by Gasteiger charge is 2.16. The minimum atomic E-state index is 0.438. The molecular weight excluding hydrogens is 372 g/mol. The molecule has 0 aliphatic carbocycles. The molecule has 2 N–H and O–H groups in total. The van der Waals surface area contributed by atoms with Crippen LogP contribution >= 0.6 is 0 Å². The molecule has 1 aliphatic heterocycles. The highest BCUT2D eigenvalue weighted by atomic mass is 15.3. The SMILES string of the molecule is CCN(CC)CCCC(C)NC(=NC)NCCN1CCN(Cc2ccccc2)CC1. The average molecular weight is 417 g/mol. The van der Waals surface area contributed by atoms with Crippen molar-refractivity contribution in [3.63, 3.8) is 0 Å². The first-order chi connectivity index (χ1) is 14.6. The fourth-order valence-electron chi connectivity index (χ4n) is 4.01. The summed E-state index contributed by atoms with van der Waals surface area (Å²) < 4.78 is 0. The summed E-state index contributed by atoms with van der Waals surface area (Å²) in [5, 5.41) is 7.04. The van der Waals surface area contributed by atoms with Crippen LogP contribution in [0, 0.1) is 0 Å². The molecule has 1 fully saturated rings. The number of nitrogens with one attached hydrogen (secondary N) is 2. The molecule has 6 heteroatoms. The molecule has 0 amide bonds. The van der Waals surface area contributed by atoms with E-state index in [2.05, 4.69) is 81.4 Å². The van der Waals surface area contributed by atoms with Gasteiger partial charge in [-0.2, -0.15) is 0 Å². The molecule has 0 spiro atoms. The zero-order valence-corrected chi connectivity index (χ0v) is 19.7. The Bertz CT molecular complexity index is 579. The molecule has 1 unspecified atom stereocenters. The van der Waals surface area contributed by atoms with Crippen LogP contribution in [0.5, 0.6) is 0 Å². The second-order valence-electron chi connectivity index (χ2n) is 8.32. The van der Waals surface area contributed by atoms with Gasteiger partial charge in [0.15, 0.2) is 5.96 Å². The molecule has 170 valence electrons. The summed E-state index contributed by atoms with van der Waals surface area (Å²) in [5.41, 5.74) is 1.41. The van der Waals surface area contributed by atoms with Gasteiger partial charge in [0.1, 0.15) is 0 Å². The number of benzene rings is 1. The average Bonchev–Trinajstić information content (AvgIpc) is 2.78. The monoisotopic (exact) mass is 416 g/mol. The van der Waals surface area contributed by atoms with Gasteiger partial charge in [0, 0.05) is 58.9 Å². The smallest absolute Gasteiger partial charge is 0.191 e. The number of rotatable bonds is 12. The van der Waals surface area contributed by atoms with E-state index in [1.165, 1.54) is 24.9 Å². The molecule has 1 atom stereocenters. The van der Waals surface area contributed by atoms with Crippen LogP contribution in [0.1, 0.15) is 39.2 Å². The lowest BCUT2D eigenvalue weighted by Crippen LogP contribution is -2.49. The minimum absolute atomic E-state index is 0.438. The molecule has 0 saturated carbocycles. The highest BCUT2D eigenvalue weighted by Crippen LogP contribution is 2.08. The standard InChI is InChI=1S/C24H44N6/c1-5-28(6-2)15-10-11-22(3)27-24(25-4)26-14-16-29-17-19-30(20-18-29)21-23-12-8-7-9-13-23/h7-9,12-13,22H,5-6,10-11,14-21H2,1-4H3,(H2,25,26,27). The molecule has 1 heterocycles. The van der Waals surface area contributed by atoms with Crippen molar-refractivity contribution < 1.29 is 0 Å². The van der Waals surface area contributed by atoms with Crippen LogP contribution in [-0.4, -0.2) is 92.7 Å². The van der Waals surface area contributed by atoms with Crippen LogP contribution < -0.4 is 10.6 Å². The third kappa shape index (κ3) is 9.45. The van der Waals surface area contributed by atoms with E-state index in [-0.39, 0.29) is 0 Å². The Labute approximate surface area is 184 Å². The largest absolute Gasteiger partial charge is 0.355 e. The van der Waals surface area contributed by atoms with E-state index in [0.29, 0.717) is 6.04 Å². The lowest BCUT2D eigenvalue weighted by molar-refractivity contribution is 0.129. The van der Waals surface area contributed by atoms with E-state index in [9.17, 15) is 0 Å². The number of hydrogen-bond acceptors (Lipinski definition) is 4. The molecule has 0 radical (unpaired) electrons. The number of hydrogen-bond donors (Lipinski definition) is 2. The van der Waals surface area contributed by atoms with Crippen LogP contribution in [0.2, 0.25) is 0 Å². The molecule has 0 bridgehead atoms. The van der Waals surface area contributed by atoms with Crippen molar-refractivity contribution in [2.45, 2.75) is 46.2 Å². The first-order valence-electron chi connectivity index (χ1n) is 11.8. The topological polar surface area (TPSA) is 46.1 Å². The molecule has 1 aromatic carbocycles. The lowest BCUT2D eigenvalue weighted by Gasteiger charge is -2.34. The molecular formula is C24H44N6. The fraction of sp³-hybridized carbons (Fsp3) is 0.708. The quantitative estimate of drug-likeness (QED) is 0.405. The summed E-state index contributed by atoms with van der Waals surface area (Å²) in [6.45, 7) is 17.8. The first-order valence-corrected chi connectivity index (χ1v) is 11.8. The Morgan fingerprint density at radius 2 is 1.73 bits per heavy atom. The zero-order chi connectivity index (χ0) is 21.6. The molecule has 6 nitrogen and oxygen atoms in total. The summed E-state index contributed by atoms with van der Waals surface area (Å²) in [4.78, 5) is 12.0. The van der Waals surface area contributed by atoms with Crippen molar-refractivity contribution in [1.29, 1.82) is 0 Å². The molecule has 30 heavy (non-hydrogen) atoms. The fourth-order valence-corrected chi connectivity index (χ4v) is 4.01. The van der Waals surface area contributed by atoms with Crippen LogP contribution in [0.4, 0.5) is 0 Å². The van der Waals surface area contributed by atoms with Gasteiger partial charge in [-0.1, -0.05) is 44.2 Å².